The molecule has 0 spiro atoms. The van der Waals surface area contributed by atoms with Gasteiger partial charge in [-0.2, -0.15) is 0 Å². The average molecular weight is 278 g/mol. The van der Waals surface area contributed by atoms with Crippen LogP contribution in [0, 0.1) is 0 Å². The molecule has 0 bridgehead atoms. The van der Waals surface area contributed by atoms with Crippen LogP contribution in [-0.4, -0.2) is 28.4 Å². The van der Waals surface area contributed by atoms with Crippen LogP contribution >= 0.6 is 11.6 Å². The summed E-state index contributed by atoms with van der Waals surface area (Å²) in [5.74, 6) is -0.779. The van der Waals surface area contributed by atoms with E-state index < -0.39 is 22.5 Å². The molecule has 5 heteroatoms. The summed E-state index contributed by atoms with van der Waals surface area (Å²) < 4.78 is 5.26. The molecule has 0 saturated heterocycles. The molecule has 2 unspecified atom stereocenters. The van der Waals surface area contributed by atoms with Crippen molar-refractivity contribution < 1.29 is 14.3 Å². The first-order valence-electron chi connectivity index (χ1n) is 6.21. The molecule has 0 radical (unpaired) electrons. The minimum absolute atomic E-state index is 0.280. The highest BCUT2D eigenvalue weighted by molar-refractivity contribution is 6.23. The first-order chi connectivity index (χ1) is 8.03. The van der Waals surface area contributed by atoms with Gasteiger partial charge in [0.2, 0.25) is 5.60 Å². The molecular formula is C13H24ClNO3. The third kappa shape index (κ3) is 5.25. The van der Waals surface area contributed by atoms with Gasteiger partial charge in [-0.05, 0) is 41.0 Å². The molecule has 0 heterocycles. The van der Waals surface area contributed by atoms with Gasteiger partial charge in [0.05, 0.1) is 5.38 Å². The number of hydrogen-bond donors (Lipinski definition) is 1. The zero-order valence-electron chi connectivity index (χ0n) is 12.1. The second-order valence-corrected chi connectivity index (χ2v) is 6.31. The van der Waals surface area contributed by atoms with Crippen LogP contribution in [0.2, 0.25) is 0 Å². The van der Waals surface area contributed by atoms with Crippen molar-refractivity contribution >= 4 is 23.5 Å². The van der Waals surface area contributed by atoms with Gasteiger partial charge in [-0.1, -0.05) is 6.92 Å². The van der Waals surface area contributed by atoms with Crippen molar-refractivity contribution in [2.24, 2.45) is 0 Å². The van der Waals surface area contributed by atoms with Gasteiger partial charge in [-0.3, -0.25) is 9.59 Å². The number of rotatable bonds is 5. The summed E-state index contributed by atoms with van der Waals surface area (Å²) in [6, 6.07) is 0. The summed E-state index contributed by atoms with van der Waals surface area (Å²) >= 11 is 6.01. The van der Waals surface area contributed by atoms with Crippen LogP contribution in [0.25, 0.3) is 0 Å². The Morgan fingerprint density at radius 1 is 1.28 bits per heavy atom. The molecule has 18 heavy (non-hydrogen) atoms. The predicted molar refractivity (Wildman–Crippen MR) is 72.6 cm³/mol. The lowest BCUT2D eigenvalue weighted by Crippen LogP contribution is -2.57. The quantitative estimate of drug-likeness (QED) is 0.621. The van der Waals surface area contributed by atoms with Gasteiger partial charge in [0, 0.05) is 12.0 Å². The highest BCUT2D eigenvalue weighted by atomic mass is 35.5. The van der Waals surface area contributed by atoms with Gasteiger partial charge in [-0.25, -0.2) is 0 Å². The Bertz CT molecular complexity index is 310. The third-order valence-electron chi connectivity index (χ3n) is 2.48. The SMILES string of the molecule is CCCC(=O)OC(C)(C(=O)NC(C)(C)C)C(C)Cl. The van der Waals surface area contributed by atoms with Crippen LogP contribution in [0.3, 0.4) is 0 Å². The van der Waals surface area contributed by atoms with Crippen LogP contribution in [0.1, 0.15) is 54.4 Å². The molecule has 0 aliphatic rings. The number of hydrogen-bond acceptors (Lipinski definition) is 3. The fourth-order valence-corrected chi connectivity index (χ4v) is 1.41. The van der Waals surface area contributed by atoms with E-state index in [0.717, 1.165) is 0 Å². The fourth-order valence-electron chi connectivity index (χ4n) is 1.26. The van der Waals surface area contributed by atoms with E-state index in [1.165, 1.54) is 0 Å². The normalized spacial score (nSPS) is 16.6. The largest absolute Gasteiger partial charge is 0.448 e. The predicted octanol–water partition coefficient (Wildman–Crippen LogP) is 2.63. The average Bonchev–Trinajstić information content (AvgIpc) is 2.14. The van der Waals surface area contributed by atoms with Gasteiger partial charge in [0.1, 0.15) is 0 Å². The Morgan fingerprint density at radius 3 is 2.11 bits per heavy atom. The van der Waals surface area contributed by atoms with Crippen LogP contribution in [0.4, 0.5) is 0 Å². The molecule has 2 atom stereocenters. The summed E-state index contributed by atoms with van der Waals surface area (Å²) in [4.78, 5) is 23.8. The van der Waals surface area contributed by atoms with Gasteiger partial charge in [-0.15, -0.1) is 11.6 Å². The molecule has 0 aromatic rings. The smallest absolute Gasteiger partial charge is 0.306 e. The minimum Gasteiger partial charge on any atom is -0.448 e. The maximum atomic E-state index is 12.2. The molecule has 0 aliphatic heterocycles. The number of carbonyl (C=O) groups is 2. The number of halogens is 1. The summed E-state index contributed by atoms with van der Waals surface area (Å²) in [5, 5.41) is 2.18. The van der Waals surface area contributed by atoms with Crippen molar-refractivity contribution in [3.63, 3.8) is 0 Å². The van der Waals surface area contributed by atoms with E-state index in [1.807, 2.05) is 27.7 Å². The van der Waals surface area contributed by atoms with E-state index in [0.29, 0.717) is 6.42 Å². The Labute approximate surface area is 114 Å². The molecular weight excluding hydrogens is 254 g/mol. The van der Waals surface area contributed by atoms with Gasteiger partial charge in [0.15, 0.2) is 0 Å². The summed E-state index contributed by atoms with van der Waals surface area (Å²) in [5.41, 5.74) is -1.75. The number of nitrogens with one attached hydrogen (secondary N) is 1. The van der Waals surface area contributed by atoms with E-state index in [9.17, 15) is 9.59 Å². The van der Waals surface area contributed by atoms with E-state index >= 15 is 0 Å². The van der Waals surface area contributed by atoms with Crippen LogP contribution in [0.15, 0.2) is 0 Å². The second-order valence-electron chi connectivity index (χ2n) is 5.65. The number of ether oxygens (including phenoxy) is 1. The topological polar surface area (TPSA) is 55.4 Å². The molecule has 4 nitrogen and oxygen atoms in total. The molecule has 1 N–H and O–H groups in total. The van der Waals surface area contributed by atoms with E-state index in [4.69, 9.17) is 16.3 Å². The first kappa shape index (κ1) is 17.2. The van der Waals surface area contributed by atoms with E-state index in [1.54, 1.807) is 13.8 Å². The maximum Gasteiger partial charge on any atom is 0.306 e. The summed E-state index contributed by atoms with van der Waals surface area (Å²) in [7, 11) is 0. The minimum atomic E-state index is -1.35. The molecule has 106 valence electrons. The van der Waals surface area contributed by atoms with E-state index in [2.05, 4.69) is 5.32 Å². The monoisotopic (exact) mass is 277 g/mol. The molecule has 1 amide bonds. The van der Waals surface area contributed by atoms with Crippen molar-refractivity contribution in [3.05, 3.63) is 0 Å². The Morgan fingerprint density at radius 2 is 1.78 bits per heavy atom. The van der Waals surface area contributed by atoms with E-state index in [-0.39, 0.29) is 12.3 Å². The Balaban J connectivity index is 4.92. The lowest BCUT2D eigenvalue weighted by atomic mass is 9.99. The number of carbonyl (C=O) groups excluding carboxylic acids is 2. The number of alkyl halides is 1. The summed E-state index contributed by atoms with van der Waals surface area (Å²) in [6.45, 7) is 10.6. The molecule has 0 aliphatic carbocycles. The van der Waals surface area contributed by atoms with Crippen molar-refractivity contribution in [3.8, 4) is 0 Å². The highest BCUT2D eigenvalue weighted by Crippen LogP contribution is 2.23. The number of esters is 1. The maximum absolute atomic E-state index is 12.2. The van der Waals surface area contributed by atoms with Gasteiger partial charge in [0.25, 0.3) is 5.91 Å². The molecule has 0 rings (SSSR count). The first-order valence-corrected chi connectivity index (χ1v) is 6.65. The standard InChI is InChI=1S/C13H24ClNO3/c1-7-8-10(16)18-13(6,9(2)14)11(17)15-12(3,4)5/h9H,7-8H2,1-6H3,(H,15,17). The van der Waals surface area contributed by atoms with Crippen molar-refractivity contribution in [1.82, 2.24) is 5.32 Å². The van der Waals surface area contributed by atoms with Crippen LogP contribution in [0.5, 0.6) is 0 Å². The summed E-state index contributed by atoms with van der Waals surface area (Å²) in [6.07, 6.45) is 0.953. The van der Waals surface area contributed by atoms with Crippen LogP contribution in [-0.2, 0) is 14.3 Å². The second kappa shape index (κ2) is 6.41. The number of amides is 1. The Hall–Kier alpha value is -0.770. The Kier molecular flexibility index (Phi) is 6.14. The fraction of sp³-hybridized carbons (Fsp3) is 0.846. The zero-order valence-corrected chi connectivity index (χ0v) is 12.9. The zero-order chi connectivity index (χ0) is 14.6. The van der Waals surface area contributed by atoms with Crippen molar-refractivity contribution in [2.75, 3.05) is 0 Å². The molecule has 0 aromatic carbocycles. The van der Waals surface area contributed by atoms with Gasteiger partial charge < -0.3 is 10.1 Å². The van der Waals surface area contributed by atoms with Crippen LogP contribution < -0.4 is 5.32 Å². The molecule has 0 fully saturated rings. The van der Waals surface area contributed by atoms with Crippen molar-refractivity contribution in [1.29, 1.82) is 0 Å². The molecule has 0 aromatic heterocycles. The third-order valence-corrected chi connectivity index (χ3v) is 2.89. The lowest BCUT2D eigenvalue weighted by molar-refractivity contribution is -0.167. The van der Waals surface area contributed by atoms with Gasteiger partial charge >= 0.3 is 5.97 Å². The molecule has 0 saturated carbocycles. The highest BCUT2D eigenvalue weighted by Gasteiger charge is 2.43. The lowest BCUT2D eigenvalue weighted by Gasteiger charge is -2.33. The van der Waals surface area contributed by atoms with Crippen molar-refractivity contribution in [2.45, 2.75) is 70.9 Å².